The number of anilines is 2. The molecule has 580 valence electrons. The van der Waals surface area contributed by atoms with Crippen molar-refractivity contribution in [2.24, 2.45) is 22.4 Å². The van der Waals surface area contributed by atoms with Gasteiger partial charge in [-0.1, -0.05) is 41.6 Å². The van der Waals surface area contributed by atoms with E-state index in [-0.39, 0.29) is 61.0 Å². The highest BCUT2D eigenvalue weighted by atomic mass is 16.6. The zero-order chi connectivity index (χ0) is 76.6. The number of fused-ring (bicyclic) bond motifs is 3. The summed E-state index contributed by atoms with van der Waals surface area (Å²) in [5, 5.41) is 37.3. The van der Waals surface area contributed by atoms with Gasteiger partial charge in [0.1, 0.15) is 52.4 Å². The fourth-order valence-corrected chi connectivity index (χ4v) is 13.1. The summed E-state index contributed by atoms with van der Waals surface area (Å²) in [5.74, 6) is -0.266. The Morgan fingerprint density at radius 3 is 1.68 bits per heavy atom. The second-order valence-corrected chi connectivity index (χ2v) is 26.6. The molecule has 3 aromatic carbocycles. The smallest absolute Gasteiger partial charge is 0.320 e. The average molecular weight is 1490 g/mol. The quantitative estimate of drug-likeness (QED) is 0.00990. The number of nitrogens with one attached hydrogen (secondary N) is 2. The first-order valence-electron chi connectivity index (χ1n) is 37.0. The number of piperidine rings is 1. The number of rotatable bonds is 44. The van der Waals surface area contributed by atoms with Crippen LogP contribution in [0.4, 0.5) is 11.9 Å². The van der Waals surface area contributed by atoms with E-state index in [1.807, 2.05) is 69.0 Å². The molecule has 108 heavy (non-hydrogen) atoms. The number of allylic oxidation sites excluding steroid dienone is 2. The summed E-state index contributed by atoms with van der Waals surface area (Å²) in [7, 11) is 1.46. The van der Waals surface area contributed by atoms with E-state index in [1.165, 1.54) is 19.2 Å². The Labute approximate surface area is 626 Å². The van der Waals surface area contributed by atoms with Crippen molar-refractivity contribution in [1.82, 2.24) is 63.2 Å². The second kappa shape index (κ2) is 39.4. The summed E-state index contributed by atoms with van der Waals surface area (Å²) in [4.78, 5) is 97.0. The maximum atomic E-state index is 14.1. The summed E-state index contributed by atoms with van der Waals surface area (Å²) in [6.07, 6.45) is 10.5. The van der Waals surface area contributed by atoms with E-state index in [4.69, 9.17) is 65.5 Å². The van der Waals surface area contributed by atoms with Crippen LogP contribution in [0, 0.1) is 13.8 Å². The van der Waals surface area contributed by atoms with Crippen LogP contribution >= 0.6 is 0 Å². The first-order chi connectivity index (χ1) is 52.3. The lowest BCUT2D eigenvalue weighted by Gasteiger charge is -2.33. The number of benzene rings is 3. The van der Waals surface area contributed by atoms with Gasteiger partial charge in [-0.2, -0.15) is 10.2 Å². The van der Waals surface area contributed by atoms with Crippen molar-refractivity contribution in [2.45, 2.75) is 150 Å². The Hall–Kier alpha value is -10.5. The van der Waals surface area contributed by atoms with E-state index in [0.29, 0.717) is 174 Å². The third kappa shape index (κ3) is 21.5. The SMILES string of the molecule is CCn1nc(C)cc1C(=O)Nc1nc2cc(C(N)=O)cc(OC)c2n1C/C=C/Cn1c(NC(=O)c2cc(C)nn2CC)nc2cc(C(N)=O)cc(OCCCN3CCC(c4nnc5n4CCN(C(=O)CCCOCCCOCCCOCCCOCCCON=C(C)c4ccc(C[C@H](N)C(=O)O)cc4)C5)CC3)c21. The van der Waals surface area contributed by atoms with Crippen LogP contribution < -0.4 is 37.3 Å². The van der Waals surface area contributed by atoms with Crippen LogP contribution in [0.15, 0.2) is 78.0 Å². The summed E-state index contributed by atoms with van der Waals surface area (Å²) >= 11 is 0. The molecule has 0 radical (unpaired) electrons. The Balaban J connectivity index is 0.635. The molecule has 33 nitrogen and oxygen atoms in total. The zero-order valence-electron chi connectivity index (χ0n) is 62.5. The molecular weight excluding hydrogens is 1390 g/mol. The van der Waals surface area contributed by atoms with Crippen molar-refractivity contribution in [3.05, 3.63) is 129 Å². The molecule has 1 fully saturated rings. The Morgan fingerprint density at radius 2 is 1.16 bits per heavy atom. The normalized spacial score (nSPS) is 13.9. The Kier molecular flexibility index (Phi) is 29.2. The van der Waals surface area contributed by atoms with E-state index in [2.05, 4.69) is 45.7 Å². The minimum absolute atomic E-state index is 0.0764. The lowest BCUT2D eigenvalue weighted by Crippen LogP contribution is -2.39. The number of aryl methyl sites for hydroxylation is 4. The van der Waals surface area contributed by atoms with Crippen LogP contribution in [-0.2, 0) is 79.1 Å². The van der Waals surface area contributed by atoms with Crippen molar-refractivity contribution in [3.8, 4) is 11.5 Å². The number of amides is 5. The van der Waals surface area contributed by atoms with Crippen molar-refractivity contribution >= 4 is 75.2 Å². The predicted octanol–water partition coefficient (Wildman–Crippen LogP) is 6.79. The monoisotopic (exact) mass is 1490 g/mol. The summed E-state index contributed by atoms with van der Waals surface area (Å²) in [6.45, 7) is 19.8. The van der Waals surface area contributed by atoms with E-state index in [0.717, 1.165) is 80.2 Å². The van der Waals surface area contributed by atoms with E-state index in [1.54, 1.807) is 49.7 Å². The highest BCUT2D eigenvalue weighted by Crippen LogP contribution is 2.35. The van der Waals surface area contributed by atoms with Gasteiger partial charge >= 0.3 is 5.97 Å². The molecule has 0 aliphatic carbocycles. The molecular formula is C75H101N19O14. The largest absolute Gasteiger partial charge is 0.494 e. The first-order valence-corrected chi connectivity index (χ1v) is 37.0. The van der Waals surface area contributed by atoms with Crippen LogP contribution in [0.1, 0.15) is 160 Å². The minimum atomic E-state index is -1.03. The number of nitrogens with two attached hydrogens (primary N) is 3. The number of carboxylic acid groups (broad SMARTS) is 1. The van der Waals surface area contributed by atoms with Crippen molar-refractivity contribution in [3.63, 3.8) is 0 Å². The number of hydrogen-bond donors (Lipinski definition) is 6. The van der Waals surface area contributed by atoms with Gasteiger partial charge in [0.2, 0.25) is 29.6 Å². The molecule has 2 aliphatic heterocycles. The van der Waals surface area contributed by atoms with E-state index < -0.39 is 35.6 Å². The lowest BCUT2D eigenvalue weighted by molar-refractivity contribution is -0.138. The fraction of sp³-hybridized carbons (Fsp3) is 0.507. The number of imidazole rings is 2. The summed E-state index contributed by atoms with van der Waals surface area (Å²) < 4.78 is 44.3. The summed E-state index contributed by atoms with van der Waals surface area (Å²) in [5.41, 5.74) is 23.7. The number of oxime groups is 1. The average Bonchev–Trinajstić information content (AvgIpc) is 1.62. The third-order valence-electron chi connectivity index (χ3n) is 18.7. The van der Waals surface area contributed by atoms with Gasteiger partial charge in [0, 0.05) is 129 Å². The number of methoxy groups -OCH3 is 1. The molecule has 8 aromatic rings. The Bertz CT molecular complexity index is 4450. The molecule has 33 heteroatoms. The van der Waals surface area contributed by atoms with Gasteiger partial charge in [-0.05, 0) is 147 Å². The first kappa shape index (κ1) is 80.1. The van der Waals surface area contributed by atoms with Gasteiger partial charge in [-0.15, -0.1) is 10.2 Å². The molecule has 5 amide bonds. The van der Waals surface area contributed by atoms with Crippen LogP contribution in [0.3, 0.4) is 0 Å². The van der Waals surface area contributed by atoms with Crippen molar-refractivity contribution < 1.29 is 67.1 Å². The number of nitrogens with zero attached hydrogens (tertiary/aromatic N) is 14. The number of aliphatic carboxylic acids is 1. The zero-order valence-corrected chi connectivity index (χ0v) is 62.5. The molecule has 2 aliphatic rings. The van der Waals surface area contributed by atoms with Crippen molar-refractivity contribution in [1.29, 1.82) is 0 Å². The molecule has 0 unspecified atom stereocenters. The number of carbonyl (C=O) groups excluding carboxylic acids is 5. The molecule has 10 rings (SSSR count). The minimum Gasteiger partial charge on any atom is -0.494 e. The number of hydrogen-bond acceptors (Lipinski definition) is 22. The van der Waals surface area contributed by atoms with Crippen LogP contribution in [-0.4, -0.2) is 215 Å². The van der Waals surface area contributed by atoms with Crippen LogP contribution in [0.5, 0.6) is 11.5 Å². The third-order valence-corrected chi connectivity index (χ3v) is 18.7. The molecule has 7 heterocycles. The van der Waals surface area contributed by atoms with Gasteiger partial charge in [0.15, 0.2) is 5.82 Å². The van der Waals surface area contributed by atoms with Gasteiger partial charge < -0.3 is 79.1 Å². The van der Waals surface area contributed by atoms with Crippen molar-refractivity contribution in [2.75, 3.05) is 110 Å². The summed E-state index contributed by atoms with van der Waals surface area (Å²) in [6, 6.07) is 16.1. The number of primary amides is 2. The standard InChI is InChI=1S/C75H101N19O14/c1-7-93-60(41-49(3)85-93)71(98)81-74-79-58-44-55(68(77)96)46-62(102-6)66(58)91(74)25-9-10-26-92-67-59(80-75(92)82-72(99)61-42-50(4)86-94(61)8-2)45-56(69(78)97)47-63(67)107-39-12-24-88-27-22-54(23-28-88)70-84-83-64-48-89(29-30-90(64)70)65(95)17-11-31-103-32-13-33-104-34-14-35-105-36-15-37-106-38-16-40-108-87-51(5)53-20-18-52(19-21-53)43-57(76)73(100)101/h9-10,18-21,41-42,44-47,54,57H,7-8,11-17,22-40,43,48,76H2,1-6H3,(H2,77,96)(H2,78,97)(H,100,101)(H,79,81,98)(H,80,82,99)/b10-9+,87-51?/t57-/m0/s1. The molecule has 5 aromatic heterocycles. The van der Waals surface area contributed by atoms with Gasteiger partial charge in [0.25, 0.3) is 11.8 Å². The van der Waals surface area contributed by atoms with Gasteiger partial charge in [-0.3, -0.25) is 48.8 Å². The highest BCUT2D eigenvalue weighted by Gasteiger charge is 2.31. The number of likely N-dealkylation sites (tertiary alicyclic amines) is 1. The Morgan fingerprint density at radius 1 is 0.639 bits per heavy atom. The highest BCUT2D eigenvalue weighted by molar-refractivity contribution is 6.06. The maximum Gasteiger partial charge on any atom is 0.320 e. The number of ether oxygens (including phenoxy) is 6. The van der Waals surface area contributed by atoms with E-state index >= 15 is 0 Å². The fourth-order valence-electron chi connectivity index (χ4n) is 13.1. The molecule has 0 bridgehead atoms. The van der Waals surface area contributed by atoms with Crippen LogP contribution in [0.25, 0.3) is 22.1 Å². The lowest BCUT2D eigenvalue weighted by atomic mass is 9.95. The maximum absolute atomic E-state index is 14.1. The predicted molar refractivity (Wildman–Crippen MR) is 402 cm³/mol. The van der Waals surface area contributed by atoms with Gasteiger partial charge in [0.05, 0.1) is 48.4 Å². The van der Waals surface area contributed by atoms with E-state index in [9.17, 15) is 28.8 Å². The number of aromatic nitrogens is 11. The molecule has 0 spiro atoms. The number of carbonyl (C=O) groups is 6. The van der Waals surface area contributed by atoms with Crippen LogP contribution in [0.2, 0.25) is 0 Å². The molecule has 1 atom stereocenters. The molecule has 1 saturated heterocycles. The number of carboxylic acids is 1. The topological polar surface area (TPSA) is 410 Å². The molecule has 0 saturated carbocycles. The van der Waals surface area contributed by atoms with Gasteiger partial charge in [-0.25, -0.2) is 9.97 Å². The molecule has 9 N–H and O–H groups in total. The second-order valence-electron chi connectivity index (χ2n) is 26.6.